The van der Waals surface area contributed by atoms with Crippen molar-refractivity contribution in [3.05, 3.63) is 275 Å². The average Bonchev–Trinajstić information content (AvgIpc) is 1.57. The molecule has 12 saturated heterocycles. The molecule has 12 aliphatic rings. The molecular weight excluding hydrogens is 1940 g/mol. The van der Waals surface area contributed by atoms with Gasteiger partial charge < -0.3 is 71.5 Å². The fourth-order valence-electron chi connectivity index (χ4n) is 23.6. The van der Waals surface area contributed by atoms with E-state index in [1.165, 1.54) is 46.6 Å². The normalized spacial score (nSPS) is 29.7. The Morgan fingerprint density at radius 2 is 0.731 bits per heavy atom. The topological polar surface area (TPSA) is 321 Å². The molecule has 0 radical (unpaired) electrons. The number of imidazole rings is 1. The summed E-state index contributed by atoms with van der Waals surface area (Å²) in [5, 5.41) is 16.9. The van der Waals surface area contributed by atoms with Crippen molar-refractivity contribution in [1.82, 2.24) is 52.6 Å². The van der Waals surface area contributed by atoms with Gasteiger partial charge in [-0.2, -0.15) is 9.97 Å². The number of hydrogen-bond donors (Lipinski definition) is 3. The lowest BCUT2D eigenvalue weighted by atomic mass is 9.96. The van der Waals surface area contributed by atoms with E-state index in [1.54, 1.807) is 58.5 Å². The number of ether oxygens (including phenoxy) is 6. The van der Waals surface area contributed by atoms with Crippen LogP contribution < -0.4 is 58.5 Å². The first-order chi connectivity index (χ1) is 70.2. The third-order valence-corrected chi connectivity index (χ3v) is 50.9. The predicted molar refractivity (Wildman–Crippen MR) is 567 cm³/mol. The van der Waals surface area contributed by atoms with Gasteiger partial charge in [-0.05, 0) is 102 Å². The summed E-state index contributed by atoms with van der Waals surface area (Å²) in [6.07, 6.45) is 11.0. The second kappa shape index (κ2) is 42.2. The highest BCUT2D eigenvalue weighted by Gasteiger charge is 2.69. The molecule has 0 spiro atoms. The van der Waals surface area contributed by atoms with Crippen molar-refractivity contribution < 1.29 is 69.9 Å². The van der Waals surface area contributed by atoms with Gasteiger partial charge in [0, 0.05) is 78.7 Å². The molecule has 21 atom stereocenters. The van der Waals surface area contributed by atoms with Crippen LogP contribution in [0.5, 0.6) is 0 Å². The van der Waals surface area contributed by atoms with Crippen LogP contribution in [0.3, 0.4) is 0 Å². The molecule has 762 valence electrons. The van der Waals surface area contributed by atoms with E-state index in [-0.39, 0.29) is 71.7 Å². The number of hydrogen-bond acceptors (Lipinski definition) is 25. The fourth-order valence-corrected chi connectivity index (χ4v) is 41.7. The van der Waals surface area contributed by atoms with Crippen molar-refractivity contribution in [1.29, 1.82) is 0 Å². The van der Waals surface area contributed by atoms with Gasteiger partial charge in [0.2, 0.25) is 11.8 Å². The Balaban J connectivity index is 0.000000128. The Kier molecular flexibility index (Phi) is 29.5. The number of amides is 3. The number of anilines is 3. The molecule has 11 aromatic rings. The third kappa shape index (κ3) is 19.3. The van der Waals surface area contributed by atoms with Crippen molar-refractivity contribution in [2.24, 2.45) is 11.8 Å². The second-order valence-electron chi connectivity index (χ2n) is 41.8. The number of carbonyl (C=O) groups is 3. The molecule has 3 unspecified atom stereocenters. The SMILES string of the molecule is CC[C@]12CO[C@@H](C1O[P@@]1O[C@H](C[Si](C)(c3ccccc3)c3ccccc3)[C@@H]3CCCN31)[C@H](n1cc(C)c(NC(=O)C(C)C)nc1=O)O2.CC[C@]12CO[C@@H](C1O[P@]1O[C@@H](C[Si](C)(c3ccccc3)c3ccccc3)[C@H]3CCCN31)[C@H](n1cc(C)c(NC(=O)C(C)C)nc1=O)O2.CC[C@]12CO[C@@H](C1O[P@]1O[C@@H](C[Si](C)(c3ccccc3)c3ccccc3)[C@H]3CCCN31)[C@H](n1cnc3c(NC(=O)c4ccccc4)ncnc31)O2. The van der Waals surface area contributed by atoms with Gasteiger partial charge in [-0.1, -0.05) is 299 Å². The number of fused-ring (bicyclic) bond motifs is 10. The summed E-state index contributed by atoms with van der Waals surface area (Å²) in [6, 6.07) is 78.6. The minimum atomic E-state index is -2.14. The van der Waals surface area contributed by atoms with Crippen LogP contribution >= 0.6 is 25.6 Å². The zero-order chi connectivity index (χ0) is 100. The van der Waals surface area contributed by atoms with Gasteiger partial charge in [-0.25, -0.2) is 38.6 Å². The van der Waals surface area contributed by atoms with Crippen molar-refractivity contribution in [2.45, 2.75) is 266 Å². The van der Waals surface area contributed by atoms with Crippen LogP contribution in [0, 0.1) is 25.7 Å². The molecular formula is C108H131N14O17P3Si3. The molecule has 0 aliphatic carbocycles. The van der Waals surface area contributed by atoms with Crippen LogP contribution in [-0.2, 0) is 65.2 Å². The van der Waals surface area contributed by atoms with Crippen molar-refractivity contribution in [3.8, 4) is 0 Å². The van der Waals surface area contributed by atoms with Crippen molar-refractivity contribution in [2.75, 3.05) is 55.4 Å². The summed E-state index contributed by atoms with van der Waals surface area (Å²) in [5.41, 5.74) is -0.161. The Morgan fingerprint density at radius 3 is 1.04 bits per heavy atom. The highest BCUT2D eigenvalue weighted by Crippen LogP contribution is 2.66. The van der Waals surface area contributed by atoms with Gasteiger partial charge in [0.25, 0.3) is 31.5 Å². The molecule has 145 heavy (non-hydrogen) atoms. The van der Waals surface area contributed by atoms with Gasteiger partial charge in [0.15, 0.2) is 35.7 Å². The van der Waals surface area contributed by atoms with Gasteiger partial charge in [0.05, 0.1) is 44.5 Å². The first-order valence-corrected chi connectivity index (χ1v) is 63.0. The fraction of sp³-hybridized carbons (Fsp3) is 0.463. The molecule has 3 N–H and O–H groups in total. The summed E-state index contributed by atoms with van der Waals surface area (Å²) in [6.45, 7) is 28.6. The Labute approximate surface area is 853 Å². The Morgan fingerprint density at radius 1 is 0.421 bits per heavy atom. The number of nitrogens with zero attached hydrogens (tertiary/aromatic N) is 11. The smallest absolute Gasteiger partial charge is 0.351 e. The standard InChI is InChI=1S/C38H41N6O5PSi.2C35H45N4O6PSi/c1-3-38-23-46-32(37(47-38)43-25-41-31-34(39-24-40-35(31)43)42-36(45)26-14-7-4-8-15-26)33(38)49-50-44-21-13-20-29(44)30(48-50)22-51(2,27-16-9-5-10-17-27)28-18-11-6-12-19-28;2*1-6-35-22-42-29(33(43-35)38-20-24(4)31(37-34(38)41)36-32(40)23(2)3)30(35)45-46-39-19-13-18-27(39)28(44-46)21-47(5,25-14-9-7-10-15-25)26-16-11-8-12-17-26/h4-12,14-19,24-25,29-30,32-33,37H,3,13,20-23H2,1-2H3,(H,39,40,42,45);2*7-12,14-17,20,23,27-30,33H,6,13,18-19,21-22H2,1-5H3,(H,36,37,40,41)/t29-,30+,32+,33?,37-,38+,50+;27-,28+,29+,30?,33-,35+,46+;27-,28+,29-,30?,33+,35-,46+/m110/s1. The first kappa shape index (κ1) is 101. The minimum Gasteiger partial charge on any atom is -0.368 e. The lowest BCUT2D eigenvalue weighted by Crippen LogP contribution is -2.58. The van der Waals surface area contributed by atoms with Gasteiger partial charge in [-0.15, -0.1) is 0 Å². The van der Waals surface area contributed by atoms with E-state index in [1.807, 2.05) is 36.6 Å². The van der Waals surface area contributed by atoms with E-state index in [4.69, 9.17) is 55.6 Å². The van der Waals surface area contributed by atoms with E-state index in [2.05, 4.69) is 277 Å². The summed E-state index contributed by atoms with van der Waals surface area (Å²) in [5.74, 6) is -0.241. The zero-order valence-electron chi connectivity index (χ0n) is 84.3. The number of aromatic nitrogens is 8. The summed E-state index contributed by atoms with van der Waals surface area (Å²) in [4.78, 5) is 86.1. The highest BCUT2D eigenvalue weighted by atomic mass is 31.2. The maximum absolute atomic E-state index is 13.3. The highest BCUT2D eigenvalue weighted by molar-refractivity contribution is 7.45. The first-order valence-electron chi connectivity index (χ1n) is 51.5. The van der Waals surface area contributed by atoms with E-state index >= 15 is 0 Å². The van der Waals surface area contributed by atoms with Gasteiger partial charge in [0.1, 0.15) is 95.6 Å². The number of nitrogens with one attached hydrogen (secondary N) is 3. The number of aryl methyl sites for hydroxylation is 2. The second-order valence-corrected chi connectivity index (χ2v) is 58.7. The largest absolute Gasteiger partial charge is 0.368 e. The lowest BCUT2D eigenvalue weighted by molar-refractivity contribution is -0.175. The summed E-state index contributed by atoms with van der Waals surface area (Å²) < 4.78 is 93.6. The summed E-state index contributed by atoms with van der Waals surface area (Å²) in [7, 11) is -10.5. The molecule has 4 aromatic heterocycles. The van der Waals surface area contributed by atoms with Crippen LogP contribution in [-0.4, -0.2) is 224 Å². The van der Waals surface area contributed by atoms with Crippen LogP contribution in [0.4, 0.5) is 17.5 Å². The van der Waals surface area contributed by atoms with E-state index < -0.39 is 121 Å². The van der Waals surface area contributed by atoms with Gasteiger partial charge in [-0.3, -0.25) is 28.1 Å². The van der Waals surface area contributed by atoms with E-state index in [0.717, 1.165) is 76.3 Å². The maximum Gasteiger partial charge on any atom is 0.351 e. The Hall–Kier alpha value is -9.40. The number of benzene rings is 7. The van der Waals surface area contributed by atoms with Crippen LogP contribution in [0.25, 0.3) is 11.2 Å². The quantitative estimate of drug-likeness (QED) is 0.0278. The molecule has 31 nitrogen and oxygen atoms in total. The zero-order valence-corrected chi connectivity index (χ0v) is 89.9. The van der Waals surface area contributed by atoms with Crippen molar-refractivity contribution >= 4 is 127 Å². The third-order valence-electron chi connectivity index (χ3n) is 32.3. The van der Waals surface area contributed by atoms with Crippen molar-refractivity contribution in [3.63, 3.8) is 0 Å². The van der Waals surface area contributed by atoms with E-state index in [9.17, 15) is 24.0 Å². The van der Waals surface area contributed by atoms with E-state index in [0.29, 0.717) is 90.9 Å². The lowest BCUT2D eigenvalue weighted by Gasteiger charge is -2.32. The molecule has 23 rings (SSSR count). The Bertz CT molecular complexity index is 6220. The molecule has 6 bridgehead atoms. The molecule has 12 aliphatic heterocycles. The van der Waals surface area contributed by atoms with Crippen LogP contribution in [0.1, 0.15) is 146 Å². The number of carbonyl (C=O) groups excluding carboxylic acids is 3. The summed E-state index contributed by atoms with van der Waals surface area (Å²) >= 11 is 0. The molecule has 0 saturated carbocycles. The maximum atomic E-state index is 13.3. The number of rotatable bonds is 30. The molecule has 3 amide bonds. The molecule has 7 aromatic carbocycles. The monoisotopic (exact) mass is 2070 g/mol. The van der Waals surface area contributed by atoms with Gasteiger partial charge >= 0.3 is 11.4 Å². The molecule has 12 fully saturated rings. The van der Waals surface area contributed by atoms with Crippen LogP contribution in [0.15, 0.2) is 247 Å². The predicted octanol–water partition coefficient (Wildman–Crippen LogP) is 14.7. The minimum absolute atomic E-state index is 0.0537. The van der Waals surface area contributed by atoms with Crippen LogP contribution in [0.2, 0.25) is 37.8 Å². The average molecular weight is 2070 g/mol. The molecule has 37 heteroatoms. The molecule has 16 heterocycles.